The minimum Gasteiger partial charge on any atom is -0.388 e. The molecule has 0 aromatic rings. The van der Waals surface area contributed by atoms with Crippen LogP contribution in [0.3, 0.4) is 0 Å². The number of hydrogen-bond acceptors (Lipinski definition) is 2. The molecule has 0 heterocycles. The van der Waals surface area contributed by atoms with Crippen LogP contribution in [0.5, 0.6) is 0 Å². The van der Waals surface area contributed by atoms with Gasteiger partial charge in [0.1, 0.15) is 0 Å². The summed E-state index contributed by atoms with van der Waals surface area (Å²) in [7, 11) is 0. The van der Waals surface area contributed by atoms with Crippen LogP contribution in [0, 0.1) is 23.7 Å². The third-order valence-electron chi connectivity index (χ3n) is 5.14. The monoisotopic (exact) mass is 236 g/mol. The van der Waals surface area contributed by atoms with Crippen LogP contribution in [0.15, 0.2) is 11.6 Å². The van der Waals surface area contributed by atoms with Crippen LogP contribution < -0.4 is 0 Å². The maximum atomic E-state index is 11.1. The second-order valence-electron chi connectivity index (χ2n) is 6.29. The van der Waals surface area contributed by atoms with Crippen LogP contribution >= 0.6 is 0 Å². The van der Waals surface area contributed by atoms with E-state index in [1.807, 2.05) is 6.92 Å². The fraction of sp³-hybridized carbons (Fsp3) is 0.800. The van der Waals surface area contributed by atoms with Crippen LogP contribution in [0.1, 0.15) is 47.0 Å². The van der Waals surface area contributed by atoms with Crippen LogP contribution in [0.25, 0.3) is 0 Å². The summed E-state index contributed by atoms with van der Waals surface area (Å²) in [6.45, 7) is 8.36. The van der Waals surface area contributed by atoms with Gasteiger partial charge in [-0.1, -0.05) is 33.3 Å². The molecule has 2 N–H and O–H groups in total. The van der Waals surface area contributed by atoms with Crippen molar-refractivity contribution in [1.82, 2.24) is 0 Å². The molecule has 17 heavy (non-hydrogen) atoms. The molecule has 2 aliphatic rings. The first-order valence-electron chi connectivity index (χ1n) is 6.68. The lowest BCUT2D eigenvalue weighted by Crippen LogP contribution is -2.60. The van der Waals surface area contributed by atoms with E-state index in [1.165, 1.54) is 0 Å². The molecule has 0 aromatic heterocycles. The van der Waals surface area contributed by atoms with E-state index in [9.17, 15) is 10.2 Å². The minimum atomic E-state index is -0.974. The Labute approximate surface area is 105 Å². The minimum absolute atomic E-state index is 0.118. The largest absolute Gasteiger partial charge is 0.388 e. The second kappa shape index (κ2) is 4.10. The highest BCUT2D eigenvalue weighted by molar-refractivity contribution is 5.29. The van der Waals surface area contributed by atoms with E-state index >= 15 is 0 Å². The molecule has 1 saturated carbocycles. The number of aliphatic hydroxyl groups excluding tert-OH is 1. The lowest BCUT2D eigenvalue weighted by Gasteiger charge is -2.56. The molecule has 2 aliphatic carbocycles. The summed E-state index contributed by atoms with van der Waals surface area (Å²) >= 11 is 0. The number of fused-ring (bicyclic) bond motifs is 1. The predicted molar refractivity (Wildman–Crippen MR) is 68.2 cm³/mol. The average Bonchev–Trinajstić information content (AvgIpc) is 2.23. The number of rotatable bonds is 1. The summed E-state index contributed by atoms with van der Waals surface area (Å²) in [5.74, 6) is 0.494. The standard InChI is InChI=1S/C15H24O2/c1-10(2)14(4)7-5-6-12-8-11(3)13(16)9-15(12,14)17/h8,10,12-13,16-17H,5-7H2,1-4H3/t12-,13?,14?,15+/m0/s1. The van der Waals surface area contributed by atoms with E-state index < -0.39 is 11.7 Å². The van der Waals surface area contributed by atoms with Gasteiger partial charge in [-0.15, -0.1) is 0 Å². The quantitative estimate of drug-likeness (QED) is 0.687. The molecule has 2 nitrogen and oxygen atoms in total. The summed E-state index contributed by atoms with van der Waals surface area (Å²) in [6.07, 6.45) is 7.54. The molecule has 0 bridgehead atoms. The Kier molecular flexibility index (Phi) is 3.16. The maximum Gasteiger partial charge on any atom is 0.0865 e. The van der Waals surface area contributed by atoms with Crippen LogP contribution in [-0.4, -0.2) is 21.9 Å². The summed E-state index contributed by atoms with van der Waals surface area (Å²) in [5, 5.41) is 21.0. The van der Waals surface area contributed by atoms with Gasteiger partial charge in [0.25, 0.3) is 0 Å². The molecule has 0 saturated heterocycles. The van der Waals surface area contributed by atoms with Crippen molar-refractivity contribution in [2.45, 2.75) is 58.7 Å². The van der Waals surface area contributed by atoms with Gasteiger partial charge >= 0.3 is 0 Å². The molecule has 2 heteroatoms. The maximum absolute atomic E-state index is 11.1. The SMILES string of the molecule is CC1=C[C@@H]2CCCC(C)(C(C)C)[C@@]2(O)[C]C1O. The van der Waals surface area contributed by atoms with Gasteiger partial charge in [-0.3, -0.25) is 0 Å². The summed E-state index contributed by atoms with van der Waals surface area (Å²) in [5.41, 5.74) is -0.236. The molecule has 0 amide bonds. The molecular weight excluding hydrogens is 212 g/mol. The molecule has 0 aliphatic heterocycles. The lowest BCUT2D eigenvalue weighted by molar-refractivity contribution is -0.141. The molecule has 1 fully saturated rings. The first-order valence-corrected chi connectivity index (χ1v) is 6.68. The molecule has 0 spiro atoms. The van der Waals surface area contributed by atoms with Gasteiger partial charge < -0.3 is 10.2 Å². The molecule has 2 radical (unpaired) electrons. The first kappa shape index (κ1) is 13.1. The van der Waals surface area contributed by atoms with Crippen molar-refractivity contribution in [3.8, 4) is 0 Å². The molecule has 2 unspecified atom stereocenters. The molecule has 0 aromatic carbocycles. The van der Waals surface area contributed by atoms with Gasteiger partial charge in [-0.25, -0.2) is 0 Å². The van der Waals surface area contributed by atoms with Crippen molar-refractivity contribution in [3.05, 3.63) is 18.1 Å². The van der Waals surface area contributed by atoms with E-state index in [4.69, 9.17) is 0 Å². The highest BCUT2D eigenvalue weighted by Crippen LogP contribution is 2.55. The normalized spacial score (nSPS) is 46.6. The van der Waals surface area contributed by atoms with Crippen molar-refractivity contribution >= 4 is 0 Å². The Morgan fingerprint density at radius 1 is 1.47 bits per heavy atom. The van der Waals surface area contributed by atoms with Gasteiger partial charge in [0.05, 0.1) is 18.1 Å². The predicted octanol–water partition coefficient (Wildman–Crippen LogP) is 2.58. The van der Waals surface area contributed by atoms with Crippen LogP contribution in [-0.2, 0) is 0 Å². The highest BCUT2D eigenvalue weighted by Gasteiger charge is 2.57. The lowest BCUT2D eigenvalue weighted by atomic mass is 9.52. The highest BCUT2D eigenvalue weighted by atomic mass is 16.3. The Hall–Kier alpha value is -0.340. The van der Waals surface area contributed by atoms with E-state index in [0.29, 0.717) is 5.92 Å². The zero-order valence-corrected chi connectivity index (χ0v) is 11.3. The third-order valence-corrected chi connectivity index (χ3v) is 5.14. The Morgan fingerprint density at radius 3 is 2.71 bits per heavy atom. The molecule has 96 valence electrons. The van der Waals surface area contributed by atoms with Gasteiger partial charge in [0.2, 0.25) is 0 Å². The second-order valence-corrected chi connectivity index (χ2v) is 6.29. The average molecular weight is 236 g/mol. The van der Waals surface area contributed by atoms with Crippen molar-refractivity contribution in [2.24, 2.45) is 17.3 Å². The van der Waals surface area contributed by atoms with Crippen molar-refractivity contribution in [2.75, 3.05) is 0 Å². The fourth-order valence-corrected chi connectivity index (χ4v) is 3.45. The molecule has 2 rings (SSSR count). The van der Waals surface area contributed by atoms with Gasteiger partial charge in [0, 0.05) is 5.92 Å². The Bertz CT molecular complexity index is 334. The zero-order chi connectivity index (χ0) is 12.8. The third kappa shape index (κ3) is 1.77. The van der Waals surface area contributed by atoms with Gasteiger partial charge in [-0.05, 0) is 36.7 Å². The van der Waals surface area contributed by atoms with Crippen molar-refractivity contribution < 1.29 is 10.2 Å². The summed E-state index contributed by atoms with van der Waals surface area (Å²) in [6, 6.07) is 0. The summed E-state index contributed by atoms with van der Waals surface area (Å²) in [4.78, 5) is 0. The van der Waals surface area contributed by atoms with Crippen LogP contribution in [0.4, 0.5) is 0 Å². The first-order chi connectivity index (χ1) is 7.81. The summed E-state index contributed by atoms with van der Waals surface area (Å²) < 4.78 is 0. The van der Waals surface area contributed by atoms with Gasteiger partial charge in [-0.2, -0.15) is 0 Å². The van der Waals surface area contributed by atoms with Crippen molar-refractivity contribution in [1.29, 1.82) is 0 Å². The van der Waals surface area contributed by atoms with E-state index in [-0.39, 0.29) is 11.3 Å². The van der Waals surface area contributed by atoms with E-state index in [0.717, 1.165) is 24.8 Å². The molecular formula is C15H24O2. The zero-order valence-electron chi connectivity index (χ0n) is 11.3. The molecule has 4 atom stereocenters. The number of hydrogen-bond donors (Lipinski definition) is 2. The van der Waals surface area contributed by atoms with Gasteiger partial charge in [0.15, 0.2) is 0 Å². The Morgan fingerprint density at radius 2 is 2.12 bits per heavy atom. The number of aliphatic hydroxyl groups is 2. The fourth-order valence-electron chi connectivity index (χ4n) is 3.45. The smallest absolute Gasteiger partial charge is 0.0865 e. The van der Waals surface area contributed by atoms with Crippen molar-refractivity contribution in [3.63, 3.8) is 0 Å². The van der Waals surface area contributed by atoms with E-state index in [2.05, 4.69) is 33.3 Å². The topological polar surface area (TPSA) is 40.5 Å². The van der Waals surface area contributed by atoms with E-state index in [1.54, 1.807) is 0 Å². The Balaban J connectivity index is 2.42. The van der Waals surface area contributed by atoms with Crippen LogP contribution in [0.2, 0.25) is 0 Å².